The Morgan fingerprint density at radius 3 is 2.73 bits per heavy atom. The number of carbonyl (C=O) groups is 1. The normalized spacial score (nSPS) is 22.0. The van der Waals surface area contributed by atoms with Gasteiger partial charge in [0.05, 0.1) is 19.3 Å². The maximum Gasteiger partial charge on any atom is 0.240 e. The number of fused-ring (bicyclic) bond motifs is 1. The van der Waals surface area contributed by atoms with E-state index in [-0.39, 0.29) is 18.0 Å². The molecule has 2 N–H and O–H groups in total. The lowest BCUT2D eigenvalue weighted by atomic mass is 10.1. The topological polar surface area (TPSA) is 68.8 Å². The zero-order valence-corrected chi connectivity index (χ0v) is 13.9. The van der Waals surface area contributed by atoms with Crippen LogP contribution in [0.5, 0.6) is 11.5 Å². The summed E-state index contributed by atoms with van der Waals surface area (Å²) in [4.78, 5) is 12.3. The van der Waals surface area contributed by atoms with Gasteiger partial charge in [-0.2, -0.15) is 0 Å². The number of amides is 1. The summed E-state index contributed by atoms with van der Waals surface area (Å²) in [5, 5.41) is 6.15. The van der Waals surface area contributed by atoms with Crippen molar-refractivity contribution < 1.29 is 19.0 Å². The van der Waals surface area contributed by atoms with Crippen molar-refractivity contribution in [2.75, 3.05) is 33.0 Å². The fraction of sp³-hybridized carbons (Fsp3) is 0.533. The van der Waals surface area contributed by atoms with Crippen LogP contribution in [0.3, 0.4) is 0 Å². The minimum atomic E-state index is -0.299. The van der Waals surface area contributed by atoms with Gasteiger partial charge in [-0.05, 0) is 24.6 Å². The summed E-state index contributed by atoms with van der Waals surface area (Å²) >= 11 is 3.53. The molecule has 1 fully saturated rings. The summed E-state index contributed by atoms with van der Waals surface area (Å²) in [6, 6.07) is 3.34. The van der Waals surface area contributed by atoms with Gasteiger partial charge in [-0.3, -0.25) is 4.79 Å². The molecule has 1 aromatic carbocycles. The zero-order chi connectivity index (χ0) is 15.5. The Hall–Kier alpha value is -1.31. The highest BCUT2D eigenvalue weighted by Gasteiger charge is 2.24. The van der Waals surface area contributed by atoms with Gasteiger partial charge in [0.1, 0.15) is 19.3 Å². The average molecular weight is 371 g/mol. The molecule has 0 bridgehead atoms. The molecule has 0 spiro atoms. The second kappa shape index (κ2) is 6.85. The molecular weight excluding hydrogens is 352 g/mol. The number of carbonyl (C=O) groups excluding carboxylic acids is 1. The highest BCUT2D eigenvalue weighted by molar-refractivity contribution is 9.10. The van der Waals surface area contributed by atoms with Gasteiger partial charge >= 0.3 is 0 Å². The number of nitrogens with one attached hydrogen (secondary N) is 2. The van der Waals surface area contributed by atoms with E-state index in [4.69, 9.17) is 14.2 Å². The fourth-order valence-corrected chi connectivity index (χ4v) is 3.20. The van der Waals surface area contributed by atoms with Gasteiger partial charge in [0.2, 0.25) is 5.91 Å². The van der Waals surface area contributed by atoms with Gasteiger partial charge in [0.15, 0.2) is 11.5 Å². The van der Waals surface area contributed by atoms with E-state index in [2.05, 4.69) is 26.6 Å². The average Bonchev–Trinajstić information content (AvgIpc) is 2.54. The molecule has 0 saturated carbocycles. The van der Waals surface area contributed by atoms with Gasteiger partial charge in [0.25, 0.3) is 0 Å². The van der Waals surface area contributed by atoms with Crippen molar-refractivity contribution in [3.63, 3.8) is 0 Å². The van der Waals surface area contributed by atoms with Crippen LogP contribution in [-0.4, -0.2) is 44.9 Å². The van der Waals surface area contributed by atoms with Crippen LogP contribution in [0.2, 0.25) is 0 Å². The Morgan fingerprint density at radius 1 is 1.32 bits per heavy atom. The molecule has 1 saturated heterocycles. The maximum absolute atomic E-state index is 12.3. The first-order valence-electron chi connectivity index (χ1n) is 7.35. The number of rotatable bonds is 3. The molecule has 0 radical (unpaired) electrons. The predicted molar refractivity (Wildman–Crippen MR) is 84.3 cm³/mol. The number of hydrogen-bond acceptors (Lipinski definition) is 5. The fourth-order valence-electron chi connectivity index (χ4n) is 2.54. The summed E-state index contributed by atoms with van der Waals surface area (Å²) < 4.78 is 17.4. The maximum atomic E-state index is 12.3. The molecule has 2 atom stereocenters. The molecule has 6 nitrogen and oxygen atoms in total. The summed E-state index contributed by atoms with van der Waals surface area (Å²) in [6.07, 6.45) is 0. The van der Waals surface area contributed by atoms with E-state index in [9.17, 15) is 4.79 Å². The standard InChI is InChI=1S/C15H19BrN2O4/c1-9(18-15(19)12-8-20-3-2-17-12)10-6-13-14(7-11(10)16)22-5-4-21-13/h6-7,9,12,17H,2-5,8H2,1H3,(H,18,19). The van der Waals surface area contributed by atoms with E-state index >= 15 is 0 Å². The van der Waals surface area contributed by atoms with Gasteiger partial charge < -0.3 is 24.8 Å². The van der Waals surface area contributed by atoms with Gasteiger partial charge in [-0.1, -0.05) is 15.9 Å². The van der Waals surface area contributed by atoms with E-state index in [1.54, 1.807) is 0 Å². The number of halogens is 1. The van der Waals surface area contributed by atoms with Crippen molar-refractivity contribution in [1.82, 2.24) is 10.6 Å². The van der Waals surface area contributed by atoms with E-state index in [1.807, 2.05) is 19.1 Å². The SMILES string of the molecule is CC(NC(=O)C1COCCN1)c1cc2c(cc1Br)OCCO2. The third-order valence-corrected chi connectivity index (χ3v) is 4.41. The molecule has 22 heavy (non-hydrogen) atoms. The van der Waals surface area contributed by atoms with Crippen LogP contribution < -0.4 is 20.1 Å². The van der Waals surface area contributed by atoms with E-state index < -0.39 is 0 Å². The molecule has 3 rings (SSSR count). The minimum Gasteiger partial charge on any atom is -0.486 e. The summed E-state index contributed by atoms with van der Waals surface area (Å²) in [7, 11) is 0. The molecule has 1 amide bonds. The van der Waals surface area contributed by atoms with Gasteiger partial charge in [0, 0.05) is 11.0 Å². The van der Waals surface area contributed by atoms with Crippen LogP contribution in [0.1, 0.15) is 18.5 Å². The molecule has 2 aliphatic rings. The van der Waals surface area contributed by atoms with Crippen LogP contribution >= 0.6 is 15.9 Å². The second-order valence-corrected chi connectivity index (χ2v) is 6.18. The van der Waals surface area contributed by atoms with Crippen molar-refractivity contribution in [1.29, 1.82) is 0 Å². The van der Waals surface area contributed by atoms with Crippen LogP contribution in [0.15, 0.2) is 16.6 Å². The molecular formula is C15H19BrN2O4. The molecule has 2 heterocycles. The third-order valence-electron chi connectivity index (χ3n) is 3.72. The number of ether oxygens (including phenoxy) is 3. The second-order valence-electron chi connectivity index (χ2n) is 5.33. The Balaban J connectivity index is 1.71. The summed E-state index contributed by atoms with van der Waals surface area (Å²) in [5.74, 6) is 1.38. The van der Waals surface area contributed by atoms with E-state index in [1.165, 1.54) is 0 Å². The van der Waals surface area contributed by atoms with Crippen molar-refractivity contribution in [3.8, 4) is 11.5 Å². The van der Waals surface area contributed by atoms with Crippen molar-refractivity contribution in [2.45, 2.75) is 19.0 Å². The lowest BCUT2D eigenvalue weighted by molar-refractivity contribution is -0.126. The molecule has 7 heteroatoms. The smallest absolute Gasteiger partial charge is 0.240 e. The van der Waals surface area contributed by atoms with E-state index in [0.717, 1.165) is 15.8 Å². The van der Waals surface area contributed by atoms with Crippen LogP contribution in [0, 0.1) is 0 Å². The predicted octanol–water partition coefficient (Wildman–Crippen LogP) is 1.39. The lowest BCUT2D eigenvalue weighted by Gasteiger charge is -2.26. The summed E-state index contributed by atoms with van der Waals surface area (Å²) in [6.45, 7) is 4.78. The lowest BCUT2D eigenvalue weighted by Crippen LogP contribution is -2.51. The molecule has 2 aliphatic heterocycles. The van der Waals surface area contributed by atoms with Crippen LogP contribution in [0.4, 0.5) is 0 Å². The Morgan fingerprint density at radius 2 is 2.05 bits per heavy atom. The molecule has 0 aliphatic carbocycles. The molecule has 120 valence electrons. The van der Waals surface area contributed by atoms with Gasteiger partial charge in [-0.25, -0.2) is 0 Å². The van der Waals surface area contributed by atoms with Crippen molar-refractivity contribution >= 4 is 21.8 Å². The minimum absolute atomic E-state index is 0.0611. The largest absolute Gasteiger partial charge is 0.486 e. The van der Waals surface area contributed by atoms with Crippen LogP contribution in [-0.2, 0) is 9.53 Å². The molecule has 1 aromatic rings. The monoisotopic (exact) mass is 370 g/mol. The first-order chi connectivity index (χ1) is 10.6. The highest BCUT2D eigenvalue weighted by Crippen LogP contribution is 2.37. The number of benzene rings is 1. The quantitative estimate of drug-likeness (QED) is 0.841. The van der Waals surface area contributed by atoms with Crippen molar-refractivity contribution in [3.05, 3.63) is 22.2 Å². The number of hydrogen-bond donors (Lipinski definition) is 2. The first kappa shape index (κ1) is 15.6. The Bertz CT molecular complexity index is 561. The van der Waals surface area contributed by atoms with E-state index in [0.29, 0.717) is 38.7 Å². The van der Waals surface area contributed by atoms with Crippen molar-refractivity contribution in [2.24, 2.45) is 0 Å². The molecule has 2 unspecified atom stereocenters. The first-order valence-corrected chi connectivity index (χ1v) is 8.15. The highest BCUT2D eigenvalue weighted by atomic mass is 79.9. The van der Waals surface area contributed by atoms with Gasteiger partial charge in [-0.15, -0.1) is 0 Å². The summed E-state index contributed by atoms with van der Waals surface area (Å²) in [5.41, 5.74) is 0.953. The Labute approximate surface area is 137 Å². The number of morpholine rings is 1. The zero-order valence-electron chi connectivity index (χ0n) is 12.4. The molecule has 0 aromatic heterocycles. The Kier molecular flexibility index (Phi) is 4.85. The van der Waals surface area contributed by atoms with Crippen LogP contribution in [0.25, 0.3) is 0 Å². The third kappa shape index (κ3) is 3.37.